The Balaban J connectivity index is 2.58. The monoisotopic (exact) mass is 170 g/mol. The maximum absolute atomic E-state index is 10.7. The second-order valence-corrected chi connectivity index (χ2v) is 2.98. The minimum Gasteiger partial charge on any atom is -0.427 e. The molecule has 1 aromatic carbocycles. The summed E-state index contributed by atoms with van der Waals surface area (Å²) in [5.74, 6) is 0.568. The van der Waals surface area contributed by atoms with Gasteiger partial charge in [0.2, 0.25) is 0 Å². The smallest absolute Gasteiger partial charge is 0.353 e. The van der Waals surface area contributed by atoms with Gasteiger partial charge in [0, 0.05) is 0 Å². The van der Waals surface area contributed by atoms with Gasteiger partial charge in [-0.25, -0.2) is 0 Å². The van der Waals surface area contributed by atoms with Gasteiger partial charge in [0.25, 0.3) is 8.05 Å². The summed E-state index contributed by atoms with van der Waals surface area (Å²) in [6, 6.07) is 8.92. The minimum absolute atomic E-state index is 0.568. The van der Waals surface area contributed by atoms with E-state index in [-0.39, 0.29) is 0 Å². The molecule has 0 aromatic heterocycles. The van der Waals surface area contributed by atoms with Crippen LogP contribution in [0, 0.1) is 0 Å². The molecule has 11 heavy (non-hydrogen) atoms. The largest absolute Gasteiger partial charge is 0.427 e. The first kappa shape index (κ1) is 8.37. The summed E-state index contributed by atoms with van der Waals surface area (Å²) in [6.07, 6.45) is 0. The van der Waals surface area contributed by atoms with Gasteiger partial charge in [-0.05, 0) is 12.1 Å². The summed E-state index contributed by atoms with van der Waals surface area (Å²) in [7, 11) is -0.980. The van der Waals surface area contributed by atoms with E-state index in [1.807, 2.05) is 6.07 Å². The predicted octanol–water partition coefficient (Wildman–Crippen LogP) is 1.02. The van der Waals surface area contributed by atoms with Gasteiger partial charge < -0.3 is 8.96 Å². The van der Waals surface area contributed by atoms with Crippen LogP contribution in [0.4, 0.5) is 0 Å². The van der Waals surface area contributed by atoms with Gasteiger partial charge in [-0.3, -0.25) is 4.57 Å². The van der Waals surface area contributed by atoms with Crippen LogP contribution in [0.1, 0.15) is 0 Å². The summed E-state index contributed by atoms with van der Waals surface area (Å²) in [6.45, 7) is 0. The zero-order chi connectivity index (χ0) is 8.10. The van der Waals surface area contributed by atoms with Crippen molar-refractivity contribution in [3.8, 4) is 5.75 Å². The zero-order valence-electron chi connectivity index (χ0n) is 6.11. The predicted molar refractivity (Wildman–Crippen MR) is 45.7 cm³/mol. The molecule has 1 atom stereocenters. The van der Waals surface area contributed by atoms with E-state index in [0.29, 0.717) is 5.75 Å². The summed E-state index contributed by atoms with van der Waals surface area (Å²) in [5.41, 5.74) is 0. The fourth-order valence-corrected chi connectivity index (χ4v) is 1.04. The first-order chi connectivity index (χ1) is 5.33. The van der Waals surface area contributed by atoms with Gasteiger partial charge >= 0.3 is 8.25 Å². The number of benzene rings is 1. The molecule has 0 amide bonds. The van der Waals surface area contributed by atoms with Crippen molar-refractivity contribution in [1.82, 2.24) is 0 Å². The lowest BCUT2D eigenvalue weighted by atomic mass is 10.3. The second kappa shape index (κ2) is 4.22. The molecular weight excluding hydrogens is 162 g/mol. The molecule has 3 nitrogen and oxygen atoms in total. The molecule has 0 N–H and O–H groups in total. The average Bonchev–Trinajstić information content (AvgIpc) is 2.06. The van der Waals surface area contributed by atoms with Crippen molar-refractivity contribution in [2.75, 3.05) is 0 Å². The Labute approximate surface area is 66.7 Å². The lowest BCUT2D eigenvalue weighted by Gasteiger charge is -2.02. The van der Waals surface area contributed by atoms with Crippen molar-refractivity contribution >= 4 is 16.3 Å². The summed E-state index contributed by atoms with van der Waals surface area (Å²) in [4.78, 5) is 0. The topological polar surface area (TPSA) is 35.5 Å². The minimum atomic E-state index is -2.33. The zero-order valence-corrected chi connectivity index (χ0v) is 7.11. The number of hydrogen-bond acceptors (Lipinski definition) is 3. The van der Waals surface area contributed by atoms with Crippen LogP contribution < -0.4 is 4.52 Å². The van der Waals surface area contributed by atoms with Crippen LogP contribution in [-0.4, -0.2) is 8.05 Å². The highest BCUT2D eigenvalue weighted by Crippen LogP contribution is 2.25. The lowest BCUT2D eigenvalue weighted by molar-refractivity contribution is 0.429. The maximum Gasteiger partial charge on any atom is 0.353 e. The maximum atomic E-state index is 10.7. The quantitative estimate of drug-likeness (QED) is 0.501. The molecule has 0 heterocycles. The van der Waals surface area contributed by atoms with Gasteiger partial charge in [-0.1, -0.05) is 18.2 Å². The van der Waals surface area contributed by atoms with Gasteiger partial charge in [0.15, 0.2) is 0 Å². The van der Waals surface area contributed by atoms with Crippen LogP contribution in [0.2, 0.25) is 0 Å². The molecule has 58 valence electrons. The first-order valence-electron chi connectivity index (χ1n) is 3.14. The normalized spacial score (nSPS) is 12.4. The average molecular weight is 170 g/mol. The van der Waals surface area contributed by atoms with Crippen molar-refractivity contribution in [3.63, 3.8) is 0 Å². The Morgan fingerprint density at radius 2 is 1.91 bits per heavy atom. The molecule has 1 unspecified atom stereocenters. The van der Waals surface area contributed by atoms with E-state index in [0.717, 1.165) is 0 Å². The first-order valence-corrected chi connectivity index (χ1v) is 4.36. The van der Waals surface area contributed by atoms with Crippen molar-refractivity contribution < 1.29 is 13.5 Å². The summed E-state index contributed by atoms with van der Waals surface area (Å²) < 4.78 is 20.1. The van der Waals surface area contributed by atoms with E-state index < -0.39 is 8.25 Å². The molecule has 1 aromatic rings. The highest BCUT2D eigenvalue weighted by molar-refractivity contribution is 7.34. The van der Waals surface area contributed by atoms with Crippen LogP contribution >= 0.6 is 8.25 Å². The highest BCUT2D eigenvalue weighted by Gasteiger charge is 1.95. The molecule has 0 aliphatic carbocycles. The van der Waals surface area contributed by atoms with E-state index >= 15 is 0 Å². The molecule has 0 bridgehead atoms. The lowest BCUT2D eigenvalue weighted by Crippen LogP contribution is -1.81. The molecule has 0 saturated carbocycles. The van der Waals surface area contributed by atoms with Crippen molar-refractivity contribution in [3.05, 3.63) is 30.3 Å². The Bertz CT molecular complexity index is 239. The summed E-state index contributed by atoms with van der Waals surface area (Å²) in [5, 5.41) is 0. The van der Waals surface area contributed by atoms with Crippen LogP contribution in [0.5, 0.6) is 5.75 Å². The molecule has 0 spiro atoms. The van der Waals surface area contributed by atoms with Gasteiger partial charge in [0.1, 0.15) is 5.75 Å². The molecule has 0 aliphatic heterocycles. The number of para-hydroxylation sites is 1. The third-order valence-corrected chi connectivity index (χ3v) is 1.85. The highest BCUT2D eigenvalue weighted by atomic mass is 31.1. The Morgan fingerprint density at radius 1 is 1.27 bits per heavy atom. The van der Waals surface area contributed by atoms with Gasteiger partial charge in [-0.15, -0.1) is 0 Å². The molecule has 5 heteroatoms. The Kier molecular flexibility index (Phi) is 3.21. The van der Waals surface area contributed by atoms with Crippen LogP contribution in [-0.2, 0) is 9.01 Å². The van der Waals surface area contributed by atoms with Crippen molar-refractivity contribution in [2.45, 2.75) is 0 Å². The van der Waals surface area contributed by atoms with Crippen LogP contribution in [0.15, 0.2) is 30.3 Å². The fraction of sp³-hybridized carbons (Fsp3) is 0. The van der Waals surface area contributed by atoms with Gasteiger partial charge in [0.05, 0.1) is 0 Å². The standard InChI is InChI=1S/C6H8BO3P/c7-10-11(8)9-6-4-2-1-3-5-6/h1-5,11H,7H2. The SMILES string of the molecule is BO[PH](=O)Oc1ccccc1. The summed E-state index contributed by atoms with van der Waals surface area (Å²) >= 11 is 0. The molecule has 1 rings (SSSR count). The van der Waals surface area contributed by atoms with E-state index in [4.69, 9.17) is 4.52 Å². The van der Waals surface area contributed by atoms with Crippen LogP contribution in [0.3, 0.4) is 0 Å². The molecule has 0 radical (unpaired) electrons. The Morgan fingerprint density at radius 3 is 2.45 bits per heavy atom. The number of rotatable bonds is 3. The van der Waals surface area contributed by atoms with E-state index in [9.17, 15) is 4.57 Å². The van der Waals surface area contributed by atoms with E-state index in [1.165, 1.54) is 8.05 Å². The van der Waals surface area contributed by atoms with Gasteiger partial charge in [-0.2, -0.15) is 0 Å². The van der Waals surface area contributed by atoms with Crippen molar-refractivity contribution in [1.29, 1.82) is 0 Å². The second-order valence-electron chi connectivity index (χ2n) is 1.87. The molecular formula is C6H8BO3P. The molecule has 0 saturated heterocycles. The molecule has 0 aliphatic rings. The van der Waals surface area contributed by atoms with Crippen molar-refractivity contribution in [2.24, 2.45) is 0 Å². The third kappa shape index (κ3) is 2.79. The van der Waals surface area contributed by atoms with E-state index in [2.05, 4.69) is 4.44 Å². The molecule has 0 fully saturated rings. The van der Waals surface area contributed by atoms with Crippen LogP contribution in [0.25, 0.3) is 0 Å². The number of hydrogen-bond donors (Lipinski definition) is 0. The fourth-order valence-electron chi connectivity index (χ4n) is 0.626. The Hall–Kier alpha value is -0.725. The third-order valence-electron chi connectivity index (χ3n) is 1.11. The van der Waals surface area contributed by atoms with E-state index in [1.54, 1.807) is 24.3 Å².